The van der Waals surface area contributed by atoms with Gasteiger partial charge in [-0.05, 0) is 18.2 Å². The number of halogens is 1. The van der Waals surface area contributed by atoms with Crippen LogP contribution in [-0.4, -0.2) is 33.0 Å². The third-order valence-electron chi connectivity index (χ3n) is 2.92. The normalized spacial score (nSPS) is 21.6. The Morgan fingerprint density at radius 2 is 2.33 bits per heavy atom. The molecule has 1 fully saturated rings. The molecule has 0 saturated carbocycles. The van der Waals surface area contributed by atoms with E-state index in [0.29, 0.717) is 31.1 Å². The molecule has 1 aliphatic heterocycles. The zero-order chi connectivity index (χ0) is 13.0. The monoisotopic (exact) mass is 256 g/mol. The Hall–Kier alpha value is -1.21. The first-order valence-corrected chi connectivity index (χ1v) is 5.75. The molecule has 100 valence electrons. The van der Waals surface area contributed by atoms with Crippen LogP contribution in [-0.2, 0) is 9.47 Å². The Balaban J connectivity index is 2.27. The van der Waals surface area contributed by atoms with Crippen LogP contribution in [0.2, 0.25) is 0 Å². The van der Waals surface area contributed by atoms with E-state index in [1.807, 2.05) is 0 Å². The van der Waals surface area contributed by atoms with Gasteiger partial charge in [0.05, 0.1) is 33.0 Å². The molecule has 0 spiro atoms. The highest BCUT2D eigenvalue weighted by Gasteiger charge is 2.28. The predicted octanol–water partition coefficient (Wildman–Crippen LogP) is 0.754. The third kappa shape index (κ3) is 2.78. The van der Waals surface area contributed by atoms with Crippen molar-refractivity contribution in [2.45, 2.75) is 12.1 Å². The van der Waals surface area contributed by atoms with Crippen molar-refractivity contribution in [1.29, 1.82) is 0 Å². The van der Waals surface area contributed by atoms with Crippen LogP contribution in [0.25, 0.3) is 0 Å². The average Bonchev–Trinajstić information content (AvgIpc) is 2.41. The van der Waals surface area contributed by atoms with Crippen molar-refractivity contribution in [3.63, 3.8) is 0 Å². The molecule has 6 heteroatoms. The van der Waals surface area contributed by atoms with Crippen molar-refractivity contribution in [2.24, 2.45) is 5.84 Å². The quantitative estimate of drug-likeness (QED) is 0.615. The molecular weight excluding hydrogens is 239 g/mol. The van der Waals surface area contributed by atoms with Crippen LogP contribution in [0.5, 0.6) is 5.75 Å². The molecule has 2 rings (SSSR count). The molecule has 2 unspecified atom stereocenters. The molecule has 2 atom stereocenters. The third-order valence-corrected chi connectivity index (χ3v) is 2.92. The minimum Gasteiger partial charge on any atom is -0.496 e. The summed E-state index contributed by atoms with van der Waals surface area (Å²) in [5, 5.41) is 0. The highest BCUT2D eigenvalue weighted by molar-refractivity contribution is 5.37. The number of nitrogens with one attached hydrogen (secondary N) is 1. The molecule has 3 N–H and O–H groups in total. The summed E-state index contributed by atoms with van der Waals surface area (Å²) in [6, 6.07) is 3.92. The maximum atomic E-state index is 13.4. The molecule has 1 aromatic carbocycles. The van der Waals surface area contributed by atoms with E-state index in [-0.39, 0.29) is 18.0 Å². The first kappa shape index (κ1) is 13.2. The molecule has 0 amide bonds. The lowest BCUT2D eigenvalue weighted by atomic mass is 10.0. The first-order chi connectivity index (χ1) is 8.76. The van der Waals surface area contributed by atoms with E-state index < -0.39 is 0 Å². The van der Waals surface area contributed by atoms with Gasteiger partial charge in [-0.3, -0.25) is 11.3 Å². The van der Waals surface area contributed by atoms with Crippen LogP contribution in [0.15, 0.2) is 18.2 Å². The number of rotatable bonds is 4. The van der Waals surface area contributed by atoms with Gasteiger partial charge in [-0.1, -0.05) is 0 Å². The minimum atomic E-state index is -0.379. The van der Waals surface area contributed by atoms with E-state index in [1.54, 1.807) is 6.07 Å². The highest BCUT2D eigenvalue weighted by Crippen LogP contribution is 2.29. The van der Waals surface area contributed by atoms with Crippen LogP contribution < -0.4 is 16.0 Å². The number of benzene rings is 1. The van der Waals surface area contributed by atoms with E-state index in [2.05, 4.69) is 5.43 Å². The summed E-state index contributed by atoms with van der Waals surface area (Å²) >= 11 is 0. The van der Waals surface area contributed by atoms with Gasteiger partial charge >= 0.3 is 0 Å². The summed E-state index contributed by atoms with van der Waals surface area (Å²) in [5.74, 6) is 5.76. The fraction of sp³-hybridized carbons (Fsp3) is 0.500. The number of hydrogen-bond donors (Lipinski definition) is 2. The van der Waals surface area contributed by atoms with Gasteiger partial charge in [0, 0.05) is 5.56 Å². The van der Waals surface area contributed by atoms with Crippen molar-refractivity contribution < 1.29 is 18.6 Å². The fourth-order valence-corrected chi connectivity index (χ4v) is 2.04. The Labute approximate surface area is 105 Å². The molecule has 0 radical (unpaired) electrons. The highest BCUT2D eigenvalue weighted by atomic mass is 19.1. The van der Waals surface area contributed by atoms with Gasteiger partial charge in [-0.15, -0.1) is 0 Å². The first-order valence-electron chi connectivity index (χ1n) is 5.75. The number of nitrogens with two attached hydrogens (primary N) is 1. The SMILES string of the molecule is COc1ccc(F)cc1C(NN)C1COCCO1. The standard InChI is InChI=1S/C12H17FN2O3/c1-16-10-3-2-8(13)6-9(10)12(15-14)11-7-17-4-5-18-11/h2-3,6,11-12,15H,4-5,7,14H2,1H3. The largest absolute Gasteiger partial charge is 0.496 e. The maximum absolute atomic E-state index is 13.4. The predicted molar refractivity (Wildman–Crippen MR) is 63.6 cm³/mol. The molecule has 1 aliphatic rings. The zero-order valence-electron chi connectivity index (χ0n) is 10.2. The lowest BCUT2D eigenvalue weighted by Gasteiger charge is -2.30. The van der Waals surface area contributed by atoms with Gasteiger partial charge in [-0.25, -0.2) is 4.39 Å². The summed E-state index contributed by atoms with van der Waals surface area (Å²) in [7, 11) is 1.53. The number of methoxy groups -OCH3 is 1. The molecular formula is C12H17FN2O3. The molecule has 1 saturated heterocycles. The molecule has 0 bridgehead atoms. The van der Waals surface area contributed by atoms with Crippen molar-refractivity contribution in [1.82, 2.24) is 5.43 Å². The van der Waals surface area contributed by atoms with Gasteiger partial charge in [0.25, 0.3) is 0 Å². The molecule has 0 aromatic heterocycles. The van der Waals surface area contributed by atoms with Crippen molar-refractivity contribution in [3.05, 3.63) is 29.6 Å². The Kier molecular flexibility index (Phi) is 4.48. The topological polar surface area (TPSA) is 65.7 Å². The van der Waals surface area contributed by atoms with Crippen molar-refractivity contribution in [2.75, 3.05) is 26.9 Å². The van der Waals surface area contributed by atoms with Gasteiger partial charge in [0.2, 0.25) is 0 Å². The van der Waals surface area contributed by atoms with Gasteiger partial charge < -0.3 is 14.2 Å². The van der Waals surface area contributed by atoms with E-state index in [9.17, 15) is 4.39 Å². The van der Waals surface area contributed by atoms with Crippen LogP contribution >= 0.6 is 0 Å². The second-order valence-electron chi connectivity index (χ2n) is 4.01. The summed E-state index contributed by atoms with van der Waals surface area (Å²) in [4.78, 5) is 0. The number of hydrazine groups is 1. The van der Waals surface area contributed by atoms with Gasteiger partial charge in [0.15, 0.2) is 0 Å². The summed E-state index contributed by atoms with van der Waals surface area (Å²) in [5.41, 5.74) is 3.26. The van der Waals surface area contributed by atoms with Crippen molar-refractivity contribution >= 4 is 0 Å². The molecule has 0 aliphatic carbocycles. The van der Waals surface area contributed by atoms with Crippen LogP contribution in [0.3, 0.4) is 0 Å². The van der Waals surface area contributed by atoms with Gasteiger partial charge in [-0.2, -0.15) is 0 Å². The van der Waals surface area contributed by atoms with Crippen molar-refractivity contribution in [3.8, 4) is 5.75 Å². The number of hydrogen-bond acceptors (Lipinski definition) is 5. The van der Waals surface area contributed by atoms with Gasteiger partial charge in [0.1, 0.15) is 17.7 Å². The second-order valence-corrected chi connectivity index (χ2v) is 4.01. The molecule has 1 heterocycles. The van der Waals surface area contributed by atoms with E-state index in [1.165, 1.54) is 19.2 Å². The lowest BCUT2D eigenvalue weighted by Crippen LogP contribution is -2.43. The fourth-order valence-electron chi connectivity index (χ4n) is 2.04. The van der Waals surface area contributed by atoms with Crippen LogP contribution in [0.1, 0.15) is 11.6 Å². The Bertz CT molecular complexity index is 397. The Morgan fingerprint density at radius 3 is 2.94 bits per heavy atom. The van der Waals surface area contributed by atoms with Crippen LogP contribution in [0, 0.1) is 5.82 Å². The zero-order valence-corrected chi connectivity index (χ0v) is 10.2. The lowest BCUT2D eigenvalue weighted by molar-refractivity contribution is -0.102. The summed E-state index contributed by atoms with van der Waals surface area (Å²) < 4.78 is 29.5. The molecule has 18 heavy (non-hydrogen) atoms. The number of ether oxygens (including phenoxy) is 3. The smallest absolute Gasteiger partial charge is 0.123 e. The second kappa shape index (κ2) is 6.10. The summed E-state index contributed by atoms with van der Waals surface area (Å²) in [6.07, 6.45) is -0.264. The van der Waals surface area contributed by atoms with E-state index in [0.717, 1.165) is 0 Å². The van der Waals surface area contributed by atoms with E-state index in [4.69, 9.17) is 20.1 Å². The summed E-state index contributed by atoms with van der Waals surface area (Å²) in [6.45, 7) is 1.48. The molecule has 1 aromatic rings. The van der Waals surface area contributed by atoms with Crippen LogP contribution in [0.4, 0.5) is 4.39 Å². The average molecular weight is 256 g/mol. The minimum absolute atomic E-state index is 0.264. The Morgan fingerprint density at radius 1 is 1.50 bits per heavy atom. The van der Waals surface area contributed by atoms with E-state index >= 15 is 0 Å². The molecule has 5 nitrogen and oxygen atoms in total. The maximum Gasteiger partial charge on any atom is 0.123 e.